The van der Waals surface area contributed by atoms with Gasteiger partial charge in [0, 0.05) is 13.1 Å². The third-order valence-corrected chi connectivity index (χ3v) is 3.55. The van der Waals surface area contributed by atoms with Crippen molar-refractivity contribution in [1.29, 1.82) is 0 Å². The number of hydrogen-bond donors (Lipinski definition) is 1. The summed E-state index contributed by atoms with van der Waals surface area (Å²) in [4.78, 5) is 16.3. The fourth-order valence-electron chi connectivity index (χ4n) is 2.61. The van der Waals surface area contributed by atoms with Gasteiger partial charge in [0.15, 0.2) is 5.65 Å². The highest BCUT2D eigenvalue weighted by Crippen LogP contribution is 2.24. The molecule has 0 unspecified atom stereocenters. The summed E-state index contributed by atoms with van der Waals surface area (Å²) in [6.45, 7) is 1.58. The van der Waals surface area contributed by atoms with Gasteiger partial charge >= 0.3 is 5.69 Å². The average Bonchev–Trinajstić information content (AvgIpc) is 2.92. The summed E-state index contributed by atoms with van der Waals surface area (Å²) in [5.41, 5.74) is 1.27. The Bertz CT molecular complexity index is 834. The van der Waals surface area contributed by atoms with Crippen LogP contribution >= 0.6 is 0 Å². The van der Waals surface area contributed by atoms with Crippen molar-refractivity contribution in [3.8, 4) is 5.69 Å². The molecule has 3 heterocycles. The molecule has 0 saturated heterocycles. The van der Waals surface area contributed by atoms with Gasteiger partial charge in [0.05, 0.1) is 17.3 Å². The zero-order chi connectivity index (χ0) is 13.5. The molecule has 0 spiro atoms. The molecule has 6 heteroatoms. The van der Waals surface area contributed by atoms with E-state index in [0.29, 0.717) is 12.2 Å². The molecule has 0 saturated carbocycles. The topological polar surface area (TPSA) is 64.7 Å². The molecule has 1 aliphatic heterocycles. The molecule has 1 N–H and O–H groups in total. The van der Waals surface area contributed by atoms with Crippen molar-refractivity contribution in [3.05, 3.63) is 47.0 Å². The number of benzene rings is 1. The Morgan fingerprint density at radius 3 is 2.90 bits per heavy atom. The molecular weight excluding hydrogens is 254 g/mol. The van der Waals surface area contributed by atoms with Crippen LogP contribution in [0.25, 0.3) is 16.7 Å². The first-order valence-corrected chi connectivity index (χ1v) is 6.62. The number of para-hydroxylation sites is 1. The third-order valence-electron chi connectivity index (χ3n) is 3.55. The summed E-state index contributed by atoms with van der Waals surface area (Å²) in [7, 11) is 0. The summed E-state index contributed by atoms with van der Waals surface area (Å²) >= 11 is 0. The molecule has 4 rings (SSSR count). The molecule has 2 aromatic heterocycles. The molecule has 0 radical (unpaired) electrons. The highest BCUT2D eigenvalue weighted by molar-refractivity contribution is 5.87. The number of fused-ring (bicyclic) bond motifs is 3. The van der Waals surface area contributed by atoms with E-state index in [1.807, 2.05) is 30.3 Å². The van der Waals surface area contributed by atoms with Crippen LogP contribution in [0.4, 0.5) is 5.82 Å². The van der Waals surface area contributed by atoms with Crippen LogP contribution in [-0.2, 0) is 6.54 Å². The Kier molecular flexibility index (Phi) is 2.35. The van der Waals surface area contributed by atoms with Crippen molar-refractivity contribution < 1.29 is 0 Å². The van der Waals surface area contributed by atoms with Crippen LogP contribution < -0.4 is 11.0 Å². The number of aromatic nitrogens is 4. The van der Waals surface area contributed by atoms with E-state index in [4.69, 9.17) is 0 Å². The predicted octanol–water partition coefficient (Wildman–Crippen LogP) is 1.40. The molecule has 6 nitrogen and oxygen atoms in total. The molecule has 20 heavy (non-hydrogen) atoms. The lowest BCUT2D eigenvalue weighted by atomic mass is 10.3. The minimum Gasteiger partial charge on any atom is -0.371 e. The summed E-state index contributed by atoms with van der Waals surface area (Å²) in [5.74, 6) is 0.827. The number of nitrogens with one attached hydrogen (secondary N) is 1. The number of hydrogen-bond acceptors (Lipinski definition) is 4. The second kappa shape index (κ2) is 4.19. The Morgan fingerprint density at radius 2 is 2.05 bits per heavy atom. The zero-order valence-electron chi connectivity index (χ0n) is 10.8. The number of rotatable bonds is 1. The van der Waals surface area contributed by atoms with Gasteiger partial charge in [0.25, 0.3) is 0 Å². The number of nitrogens with zero attached hydrogens (tertiary/aromatic N) is 4. The monoisotopic (exact) mass is 267 g/mol. The maximum atomic E-state index is 12.1. The van der Waals surface area contributed by atoms with Gasteiger partial charge in [-0.25, -0.2) is 9.48 Å². The maximum absolute atomic E-state index is 12.1. The van der Waals surface area contributed by atoms with Gasteiger partial charge in [-0.2, -0.15) is 10.1 Å². The largest absolute Gasteiger partial charge is 0.371 e. The molecule has 0 amide bonds. The first-order chi connectivity index (χ1) is 9.84. The van der Waals surface area contributed by atoms with Crippen molar-refractivity contribution in [1.82, 2.24) is 19.3 Å². The lowest BCUT2D eigenvalue weighted by Crippen LogP contribution is -2.31. The molecule has 0 fully saturated rings. The quantitative estimate of drug-likeness (QED) is 0.723. The van der Waals surface area contributed by atoms with Crippen molar-refractivity contribution in [2.24, 2.45) is 0 Å². The van der Waals surface area contributed by atoms with Crippen LogP contribution in [0.15, 0.2) is 41.3 Å². The molecule has 1 aliphatic rings. The first-order valence-electron chi connectivity index (χ1n) is 6.62. The van der Waals surface area contributed by atoms with Gasteiger partial charge in [-0.3, -0.25) is 4.57 Å². The van der Waals surface area contributed by atoms with E-state index in [2.05, 4.69) is 15.4 Å². The average molecular weight is 267 g/mol. The Hall–Kier alpha value is -2.63. The Balaban J connectivity index is 2.03. The summed E-state index contributed by atoms with van der Waals surface area (Å²) in [5, 5.41) is 8.54. The SMILES string of the molecule is O=c1nc2c(cnn2-c2ccccc2)c2n1CCCN2. The van der Waals surface area contributed by atoms with Crippen LogP contribution in [0.2, 0.25) is 0 Å². The second-order valence-electron chi connectivity index (χ2n) is 4.80. The van der Waals surface area contributed by atoms with E-state index in [9.17, 15) is 4.79 Å². The van der Waals surface area contributed by atoms with Crippen molar-refractivity contribution in [2.75, 3.05) is 11.9 Å². The zero-order valence-corrected chi connectivity index (χ0v) is 10.8. The van der Waals surface area contributed by atoms with E-state index in [1.54, 1.807) is 15.4 Å². The molecular formula is C14H13N5O. The third kappa shape index (κ3) is 1.54. The fraction of sp³-hybridized carbons (Fsp3) is 0.214. The van der Waals surface area contributed by atoms with Crippen molar-refractivity contribution in [2.45, 2.75) is 13.0 Å². The van der Waals surface area contributed by atoms with Crippen LogP contribution in [0, 0.1) is 0 Å². The van der Waals surface area contributed by atoms with Crippen molar-refractivity contribution >= 4 is 16.9 Å². The summed E-state index contributed by atoms with van der Waals surface area (Å²) in [6, 6.07) is 9.71. The first kappa shape index (κ1) is 11.2. The van der Waals surface area contributed by atoms with Gasteiger partial charge in [0.2, 0.25) is 0 Å². The Labute approximate surface area is 114 Å². The van der Waals surface area contributed by atoms with E-state index in [1.165, 1.54) is 0 Å². The maximum Gasteiger partial charge on any atom is 0.351 e. The Morgan fingerprint density at radius 1 is 1.20 bits per heavy atom. The molecule has 1 aromatic carbocycles. The van der Waals surface area contributed by atoms with Crippen LogP contribution in [0.1, 0.15) is 6.42 Å². The van der Waals surface area contributed by atoms with E-state index >= 15 is 0 Å². The lowest BCUT2D eigenvalue weighted by molar-refractivity contribution is 0.599. The molecule has 0 bridgehead atoms. The van der Waals surface area contributed by atoms with Gasteiger partial charge in [-0.15, -0.1) is 0 Å². The normalized spacial score (nSPS) is 14.0. The standard InChI is InChI=1S/C14H13N5O/c20-14-17-13-11(12-15-7-4-8-18(12)14)9-16-19(13)10-5-2-1-3-6-10/h1-3,5-6,9,15H,4,7-8H2. The highest BCUT2D eigenvalue weighted by atomic mass is 16.1. The molecule has 100 valence electrons. The predicted molar refractivity (Wildman–Crippen MR) is 76.2 cm³/mol. The van der Waals surface area contributed by atoms with Gasteiger partial charge in [0.1, 0.15) is 5.82 Å². The van der Waals surface area contributed by atoms with E-state index in [0.717, 1.165) is 29.9 Å². The van der Waals surface area contributed by atoms with Gasteiger partial charge in [-0.05, 0) is 18.6 Å². The van der Waals surface area contributed by atoms with Crippen LogP contribution in [0.3, 0.4) is 0 Å². The minimum atomic E-state index is -0.225. The number of anilines is 1. The molecule has 0 atom stereocenters. The van der Waals surface area contributed by atoms with Crippen molar-refractivity contribution in [3.63, 3.8) is 0 Å². The minimum absolute atomic E-state index is 0.225. The highest BCUT2D eigenvalue weighted by Gasteiger charge is 2.18. The van der Waals surface area contributed by atoms with Gasteiger partial charge in [-0.1, -0.05) is 18.2 Å². The smallest absolute Gasteiger partial charge is 0.351 e. The summed E-state index contributed by atoms with van der Waals surface area (Å²) in [6.07, 6.45) is 2.70. The van der Waals surface area contributed by atoms with Crippen LogP contribution in [0.5, 0.6) is 0 Å². The fourth-order valence-corrected chi connectivity index (χ4v) is 2.61. The lowest BCUT2D eigenvalue weighted by Gasteiger charge is -2.19. The summed E-state index contributed by atoms with van der Waals surface area (Å²) < 4.78 is 3.39. The van der Waals surface area contributed by atoms with Crippen LogP contribution in [-0.4, -0.2) is 25.9 Å². The molecule has 3 aromatic rings. The second-order valence-corrected chi connectivity index (χ2v) is 4.80. The van der Waals surface area contributed by atoms with E-state index in [-0.39, 0.29) is 5.69 Å². The van der Waals surface area contributed by atoms with Gasteiger partial charge < -0.3 is 5.32 Å². The van der Waals surface area contributed by atoms with E-state index < -0.39 is 0 Å². The molecule has 0 aliphatic carbocycles.